The van der Waals surface area contributed by atoms with E-state index in [0.717, 1.165) is 18.4 Å². The van der Waals surface area contributed by atoms with Crippen LogP contribution in [-0.4, -0.2) is 29.3 Å². The molecule has 1 N–H and O–H groups in total. The first-order valence-corrected chi connectivity index (χ1v) is 7.84. The number of nitrogens with zero attached hydrogens (tertiary/aromatic N) is 1. The van der Waals surface area contributed by atoms with Gasteiger partial charge in [-0.3, -0.25) is 9.59 Å². The number of likely N-dealkylation sites (tertiary alicyclic amines) is 1. The molecular formula is C16H19ClN2O2. The average Bonchev–Trinajstić information content (AvgIpc) is 3.21. The first-order valence-electron chi connectivity index (χ1n) is 7.46. The highest BCUT2D eigenvalue weighted by Crippen LogP contribution is 2.41. The van der Waals surface area contributed by atoms with Crippen LogP contribution in [-0.2, 0) is 9.59 Å². The van der Waals surface area contributed by atoms with E-state index < -0.39 is 0 Å². The average molecular weight is 307 g/mol. The Balaban J connectivity index is 1.92. The van der Waals surface area contributed by atoms with Crippen molar-refractivity contribution in [3.8, 4) is 0 Å². The van der Waals surface area contributed by atoms with Crippen LogP contribution in [0.15, 0.2) is 24.3 Å². The lowest BCUT2D eigenvalue weighted by Crippen LogP contribution is -2.36. The predicted octanol–water partition coefficient (Wildman–Crippen LogP) is 2.53. The number of carbonyl (C=O) groups is 2. The van der Waals surface area contributed by atoms with Crippen molar-refractivity contribution in [2.24, 2.45) is 5.92 Å². The minimum atomic E-state index is -0.349. The van der Waals surface area contributed by atoms with Gasteiger partial charge in [0, 0.05) is 24.0 Å². The fourth-order valence-corrected chi connectivity index (χ4v) is 3.28. The van der Waals surface area contributed by atoms with E-state index in [1.165, 1.54) is 0 Å². The third-order valence-electron chi connectivity index (χ3n) is 4.26. The van der Waals surface area contributed by atoms with E-state index in [4.69, 9.17) is 11.6 Å². The molecule has 5 heteroatoms. The Bertz CT molecular complexity index is 571. The number of hydrogen-bond acceptors (Lipinski definition) is 2. The highest BCUT2D eigenvalue weighted by Gasteiger charge is 2.45. The molecule has 2 amide bonds. The maximum atomic E-state index is 12.5. The summed E-state index contributed by atoms with van der Waals surface area (Å²) in [6, 6.07) is 7.52. The largest absolute Gasteiger partial charge is 0.353 e. The molecule has 0 bridgehead atoms. The van der Waals surface area contributed by atoms with E-state index in [-0.39, 0.29) is 30.2 Å². The lowest BCUT2D eigenvalue weighted by molar-refractivity contribution is -0.129. The van der Waals surface area contributed by atoms with Crippen molar-refractivity contribution in [3.63, 3.8) is 0 Å². The van der Waals surface area contributed by atoms with Crippen molar-refractivity contribution in [3.05, 3.63) is 34.9 Å². The van der Waals surface area contributed by atoms with Gasteiger partial charge in [-0.05, 0) is 31.4 Å². The van der Waals surface area contributed by atoms with Crippen LogP contribution < -0.4 is 5.32 Å². The molecule has 0 aromatic heterocycles. The van der Waals surface area contributed by atoms with Crippen LogP contribution >= 0.6 is 11.6 Å². The fourth-order valence-electron chi connectivity index (χ4n) is 3.03. The smallest absolute Gasteiger partial charge is 0.226 e. The lowest BCUT2D eigenvalue weighted by Gasteiger charge is -2.28. The highest BCUT2D eigenvalue weighted by molar-refractivity contribution is 6.31. The van der Waals surface area contributed by atoms with Gasteiger partial charge in [0.05, 0.1) is 12.0 Å². The van der Waals surface area contributed by atoms with Crippen molar-refractivity contribution < 1.29 is 9.59 Å². The summed E-state index contributed by atoms with van der Waals surface area (Å²) in [7, 11) is 0. The first kappa shape index (κ1) is 14.4. The number of amides is 2. The summed E-state index contributed by atoms with van der Waals surface area (Å²) in [5.74, 6) is -0.344. The third-order valence-corrected chi connectivity index (χ3v) is 4.60. The minimum absolute atomic E-state index is 0.0216. The van der Waals surface area contributed by atoms with Crippen molar-refractivity contribution in [1.29, 1.82) is 0 Å². The SMILES string of the molecule is CCN1C(=O)C[C@@H](C(=O)NC2CC2)[C@@H]1c1ccccc1Cl. The van der Waals surface area contributed by atoms with E-state index >= 15 is 0 Å². The highest BCUT2D eigenvalue weighted by atomic mass is 35.5. The van der Waals surface area contributed by atoms with Gasteiger partial charge in [-0.25, -0.2) is 0 Å². The van der Waals surface area contributed by atoms with Gasteiger partial charge < -0.3 is 10.2 Å². The Morgan fingerprint density at radius 3 is 2.71 bits per heavy atom. The molecule has 1 aliphatic heterocycles. The Kier molecular flexibility index (Phi) is 3.89. The monoisotopic (exact) mass is 306 g/mol. The Morgan fingerprint density at radius 2 is 2.10 bits per heavy atom. The second-order valence-electron chi connectivity index (χ2n) is 5.74. The summed E-state index contributed by atoms with van der Waals surface area (Å²) < 4.78 is 0. The summed E-state index contributed by atoms with van der Waals surface area (Å²) in [6.45, 7) is 2.52. The molecule has 21 heavy (non-hydrogen) atoms. The van der Waals surface area contributed by atoms with Crippen molar-refractivity contribution >= 4 is 23.4 Å². The van der Waals surface area contributed by atoms with Crippen molar-refractivity contribution in [2.45, 2.75) is 38.3 Å². The van der Waals surface area contributed by atoms with E-state index in [1.54, 1.807) is 4.90 Å². The van der Waals surface area contributed by atoms with Crippen LogP contribution in [0.2, 0.25) is 5.02 Å². The van der Waals surface area contributed by atoms with Gasteiger partial charge >= 0.3 is 0 Å². The summed E-state index contributed by atoms with van der Waals surface area (Å²) >= 11 is 6.29. The molecular weight excluding hydrogens is 288 g/mol. The molecule has 1 saturated carbocycles. The molecule has 1 aromatic carbocycles. The summed E-state index contributed by atoms with van der Waals surface area (Å²) in [4.78, 5) is 26.4. The van der Waals surface area contributed by atoms with E-state index in [9.17, 15) is 9.59 Å². The maximum absolute atomic E-state index is 12.5. The first-order chi connectivity index (χ1) is 10.1. The van der Waals surface area contributed by atoms with Gasteiger partial charge in [-0.1, -0.05) is 29.8 Å². The van der Waals surface area contributed by atoms with Crippen LogP contribution in [0.5, 0.6) is 0 Å². The van der Waals surface area contributed by atoms with Crippen LogP contribution in [0.3, 0.4) is 0 Å². The van der Waals surface area contributed by atoms with E-state index in [0.29, 0.717) is 17.6 Å². The quantitative estimate of drug-likeness (QED) is 0.929. The number of benzene rings is 1. The number of rotatable bonds is 4. The lowest BCUT2D eigenvalue weighted by atomic mass is 9.92. The van der Waals surface area contributed by atoms with Crippen LogP contribution in [0.4, 0.5) is 0 Å². The maximum Gasteiger partial charge on any atom is 0.226 e. The van der Waals surface area contributed by atoms with Crippen LogP contribution in [0.25, 0.3) is 0 Å². The van der Waals surface area contributed by atoms with Gasteiger partial charge in [0.2, 0.25) is 11.8 Å². The van der Waals surface area contributed by atoms with Gasteiger partial charge in [0.15, 0.2) is 0 Å². The molecule has 2 atom stereocenters. The van der Waals surface area contributed by atoms with E-state index in [1.807, 2.05) is 31.2 Å². The third kappa shape index (κ3) is 2.77. The fraction of sp³-hybridized carbons (Fsp3) is 0.500. The summed E-state index contributed by atoms with van der Waals surface area (Å²) in [5, 5.41) is 3.63. The number of hydrogen-bond donors (Lipinski definition) is 1. The minimum Gasteiger partial charge on any atom is -0.353 e. The van der Waals surface area contributed by atoms with Gasteiger partial charge in [0.1, 0.15) is 0 Å². The molecule has 0 spiro atoms. The molecule has 1 aromatic rings. The number of carbonyl (C=O) groups excluding carboxylic acids is 2. The zero-order valence-electron chi connectivity index (χ0n) is 12.0. The number of nitrogens with one attached hydrogen (secondary N) is 1. The Morgan fingerprint density at radius 1 is 1.38 bits per heavy atom. The summed E-state index contributed by atoms with van der Waals surface area (Å²) in [6.07, 6.45) is 2.35. The second kappa shape index (κ2) is 5.68. The zero-order chi connectivity index (χ0) is 15.0. The van der Waals surface area contributed by atoms with Gasteiger partial charge in [0.25, 0.3) is 0 Å². The molecule has 1 heterocycles. The van der Waals surface area contributed by atoms with Gasteiger partial charge in [-0.2, -0.15) is 0 Å². The summed E-state index contributed by atoms with van der Waals surface area (Å²) in [5.41, 5.74) is 0.864. The van der Waals surface area contributed by atoms with Crippen LogP contribution in [0.1, 0.15) is 37.8 Å². The molecule has 1 saturated heterocycles. The predicted molar refractivity (Wildman–Crippen MR) is 80.9 cm³/mol. The number of halogens is 1. The molecule has 0 radical (unpaired) electrons. The molecule has 2 aliphatic rings. The molecule has 3 rings (SSSR count). The van der Waals surface area contributed by atoms with Crippen molar-refractivity contribution in [2.75, 3.05) is 6.54 Å². The van der Waals surface area contributed by atoms with Gasteiger partial charge in [-0.15, -0.1) is 0 Å². The molecule has 2 fully saturated rings. The normalized spacial score (nSPS) is 25.2. The Hall–Kier alpha value is -1.55. The van der Waals surface area contributed by atoms with E-state index in [2.05, 4.69) is 5.32 Å². The van der Waals surface area contributed by atoms with Crippen molar-refractivity contribution in [1.82, 2.24) is 10.2 Å². The zero-order valence-corrected chi connectivity index (χ0v) is 12.8. The Labute approximate surface area is 129 Å². The standard InChI is InChI=1S/C16H19ClN2O2/c1-2-19-14(20)9-12(16(21)18-10-7-8-10)15(19)11-5-3-4-6-13(11)17/h3-6,10,12,15H,2,7-9H2,1H3,(H,18,21)/t12-,15+/m1/s1. The topological polar surface area (TPSA) is 49.4 Å². The molecule has 1 aliphatic carbocycles. The molecule has 4 nitrogen and oxygen atoms in total. The molecule has 112 valence electrons. The molecule has 0 unspecified atom stereocenters. The second-order valence-corrected chi connectivity index (χ2v) is 6.15. The van der Waals surface area contributed by atoms with Crippen LogP contribution in [0, 0.1) is 5.92 Å².